The quantitative estimate of drug-likeness (QED) is 0.872. The summed E-state index contributed by atoms with van der Waals surface area (Å²) in [5.74, 6) is -1.33. The summed E-state index contributed by atoms with van der Waals surface area (Å²) in [4.78, 5) is 13.3. The van der Waals surface area contributed by atoms with Gasteiger partial charge in [-0.25, -0.2) is 4.39 Å². The van der Waals surface area contributed by atoms with Crippen molar-refractivity contribution < 1.29 is 14.3 Å². The van der Waals surface area contributed by atoms with E-state index >= 15 is 0 Å². The van der Waals surface area contributed by atoms with Crippen molar-refractivity contribution in [3.05, 3.63) is 34.6 Å². The van der Waals surface area contributed by atoms with E-state index in [-0.39, 0.29) is 23.1 Å². The molecule has 1 fully saturated rings. The first kappa shape index (κ1) is 17.2. The lowest BCUT2D eigenvalue weighted by Crippen LogP contribution is -2.45. The number of aliphatic carboxylic acids is 1. The zero-order chi connectivity index (χ0) is 16.4. The molecule has 2 rings (SSSR count). The van der Waals surface area contributed by atoms with Gasteiger partial charge < -0.3 is 5.11 Å². The smallest absolute Gasteiger partial charge is 0.320 e. The van der Waals surface area contributed by atoms with Crippen LogP contribution in [0, 0.1) is 5.82 Å². The van der Waals surface area contributed by atoms with Crippen LogP contribution in [-0.4, -0.2) is 40.6 Å². The predicted molar refractivity (Wildman–Crippen MR) is 84.6 cm³/mol. The maximum absolute atomic E-state index is 13.8. The molecule has 0 radical (unpaired) electrons. The number of carboxylic acid groups (broad SMARTS) is 1. The van der Waals surface area contributed by atoms with Crippen LogP contribution >= 0.6 is 11.6 Å². The van der Waals surface area contributed by atoms with Crippen LogP contribution in [0.2, 0.25) is 5.02 Å². The lowest BCUT2D eigenvalue weighted by atomic mass is 9.98. The van der Waals surface area contributed by atoms with Gasteiger partial charge in [0.05, 0.1) is 11.1 Å². The third-order valence-corrected chi connectivity index (χ3v) is 4.53. The maximum atomic E-state index is 13.8. The van der Waals surface area contributed by atoms with Gasteiger partial charge in [0, 0.05) is 18.6 Å². The van der Waals surface area contributed by atoms with Gasteiger partial charge in [0.1, 0.15) is 11.9 Å². The van der Waals surface area contributed by atoms with Gasteiger partial charge in [-0.1, -0.05) is 17.7 Å². The molecule has 3 unspecified atom stereocenters. The van der Waals surface area contributed by atoms with Crippen LogP contribution in [-0.2, 0) is 4.79 Å². The van der Waals surface area contributed by atoms with Crippen molar-refractivity contribution in [2.75, 3.05) is 6.54 Å². The Hall–Kier alpha value is -1.17. The fourth-order valence-corrected chi connectivity index (χ4v) is 3.20. The number of nitrogens with zero attached hydrogens (tertiary/aromatic N) is 1. The average Bonchev–Trinajstić information content (AvgIpc) is 2.85. The minimum absolute atomic E-state index is 0.0333. The Labute approximate surface area is 135 Å². The van der Waals surface area contributed by atoms with Gasteiger partial charge in [0.15, 0.2) is 0 Å². The first-order valence-corrected chi connectivity index (χ1v) is 7.88. The van der Waals surface area contributed by atoms with Gasteiger partial charge >= 0.3 is 5.97 Å². The van der Waals surface area contributed by atoms with Crippen LogP contribution in [0.3, 0.4) is 0 Å². The normalized spacial score (nSPS) is 23.9. The number of hydrogen-bond acceptors (Lipinski definition) is 3. The minimum atomic E-state index is -0.885. The highest BCUT2D eigenvalue weighted by molar-refractivity contribution is 6.30. The van der Waals surface area contributed by atoms with Crippen molar-refractivity contribution in [3.63, 3.8) is 0 Å². The van der Waals surface area contributed by atoms with Gasteiger partial charge in [0.25, 0.3) is 0 Å². The molecule has 6 heteroatoms. The maximum Gasteiger partial charge on any atom is 0.320 e. The Balaban J connectivity index is 2.30. The zero-order valence-electron chi connectivity index (χ0n) is 13.0. The first-order chi connectivity index (χ1) is 10.3. The van der Waals surface area contributed by atoms with Crippen LogP contribution in [0.4, 0.5) is 4.39 Å². The van der Waals surface area contributed by atoms with E-state index in [1.807, 2.05) is 6.07 Å². The van der Waals surface area contributed by atoms with E-state index < -0.39 is 17.8 Å². The van der Waals surface area contributed by atoms with Crippen LogP contribution < -0.4 is 5.32 Å². The number of hydrogen-bond donors (Lipinski definition) is 2. The summed E-state index contributed by atoms with van der Waals surface area (Å²) in [7, 11) is 0. The predicted octanol–water partition coefficient (Wildman–Crippen LogP) is 3.07. The molecule has 3 atom stereocenters. The van der Waals surface area contributed by atoms with Crippen LogP contribution in [0.25, 0.3) is 0 Å². The topological polar surface area (TPSA) is 52.6 Å². The molecule has 0 bridgehead atoms. The largest absolute Gasteiger partial charge is 0.480 e. The lowest BCUT2D eigenvalue weighted by molar-refractivity contribution is -0.139. The van der Waals surface area contributed by atoms with E-state index in [0.717, 1.165) is 18.5 Å². The average molecular weight is 329 g/mol. The molecule has 0 saturated carbocycles. The molecule has 1 heterocycles. The third-order valence-electron chi connectivity index (χ3n) is 4.22. The molecule has 1 aliphatic rings. The molecule has 1 aromatic rings. The summed E-state index contributed by atoms with van der Waals surface area (Å²) < 4.78 is 13.8. The summed E-state index contributed by atoms with van der Waals surface area (Å²) in [5, 5.41) is 12.3. The third kappa shape index (κ3) is 3.59. The highest BCUT2D eigenvalue weighted by atomic mass is 35.5. The molecule has 22 heavy (non-hydrogen) atoms. The monoisotopic (exact) mass is 328 g/mol. The molecule has 0 spiro atoms. The fraction of sp³-hybridized carbons (Fsp3) is 0.562. The van der Waals surface area contributed by atoms with Gasteiger partial charge in [-0.15, -0.1) is 0 Å². The summed E-state index contributed by atoms with van der Waals surface area (Å²) in [5.41, 5.74) is 0.822. The van der Waals surface area contributed by atoms with Crippen molar-refractivity contribution in [2.24, 2.45) is 0 Å². The molecule has 122 valence electrons. The summed E-state index contributed by atoms with van der Waals surface area (Å²) in [6.45, 7) is 6.64. The van der Waals surface area contributed by atoms with Gasteiger partial charge in [-0.05, 0) is 44.9 Å². The number of likely N-dealkylation sites (tertiary alicyclic amines) is 1. The molecule has 0 aromatic heterocycles. The van der Waals surface area contributed by atoms with Crippen LogP contribution in [0.1, 0.15) is 38.8 Å². The van der Waals surface area contributed by atoms with Crippen LogP contribution in [0.15, 0.2) is 18.2 Å². The Kier molecular flexibility index (Phi) is 5.42. The Morgan fingerprint density at radius 3 is 2.68 bits per heavy atom. The lowest BCUT2D eigenvalue weighted by Gasteiger charge is -2.32. The first-order valence-electron chi connectivity index (χ1n) is 7.50. The molecular formula is C16H22ClFN2O2. The second-order valence-corrected chi connectivity index (χ2v) is 6.48. The SMILES string of the molecule is CC(NC1CCN(C(C)C)C1c1ccc(Cl)c(F)c1)C(=O)O. The van der Waals surface area contributed by atoms with Gasteiger partial charge in [-0.3, -0.25) is 15.0 Å². The summed E-state index contributed by atoms with van der Waals surface area (Å²) in [6.07, 6.45) is 0.824. The summed E-state index contributed by atoms with van der Waals surface area (Å²) >= 11 is 5.77. The standard InChI is InChI=1S/C16H22ClFN2O2/c1-9(2)20-7-6-14(19-10(3)16(21)22)15(20)11-4-5-12(17)13(18)8-11/h4-5,8-10,14-15,19H,6-7H2,1-3H3,(H,21,22). The molecule has 1 aromatic carbocycles. The molecule has 0 amide bonds. The number of nitrogens with one attached hydrogen (secondary N) is 1. The second kappa shape index (κ2) is 6.94. The Morgan fingerprint density at radius 2 is 2.14 bits per heavy atom. The highest BCUT2D eigenvalue weighted by Crippen LogP contribution is 2.35. The van der Waals surface area contributed by atoms with E-state index in [1.54, 1.807) is 13.0 Å². The van der Waals surface area contributed by atoms with Crippen molar-refractivity contribution in [1.82, 2.24) is 10.2 Å². The van der Waals surface area contributed by atoms with E-state index in [1.165, 1.54) is 6.07 Å². The van der Waals surface area contributed by atoms with Crippen molar-refractivity contribution >= 4 is 17.6 Å². The van der Waals surface area contributed by atoms with Crippen molar-refractivity contribution in [1.29, 1.82) is 0 Å². The molecule has 0 aliphatic carbocycles. The second-order valence-electron chi connectivity index (χ2n) is 6.07. The van der Waals surface area contributed by atoms with E-state index in [0.29, 0.717) is 0 Å². The molecule has 1 aliphatic heterocycles. The van der Waals surface area contributed by atoms with E-state index in [9.17, 15) is 9.18 Å². The molecule has 1 saturated heterocycles. The number of benzene rings is 1. The van der Waals surface area contributed by atoms with Crippen molar-refractivity contribution in [3.8, 4) is 0 Å². The highest BCUT2D eigenvalue weighted by Gasteiger charge is 2.38. The number of rotatable bonds is 5. The Morgan fingerprint density at radius 1 is 1.45 bits per heavy atom. The van der Waals surface area contributed by atoms with Crippen LogP contribution in [0.5, 0.6) is 0 Å². The summed E-state index contributed by atoms with van der Waals surface area (Å²) in [6, 6.07) is 4.38. The fourth-order valence-electron chi connectivity index (χ4n) is 3.08. The number of halogens is 2. The molecular weight excluding hydrogens is 307 g/mol. The minimum Gasteiger partial charge on any atom is -0.480 e. The molecule has 2 N–H and O–H groups in total. The van der Waals surface area contributed by atoms with Crippen molar-refractivity contribution in [2.45, 2.75) is 51.4 Å². The zero-order valence-corrected chi connectivity index (χ0v) is 13.8. The number of carboxylic acids is 1. The van der Waals surface area contributed by atoms with E-state index in [4.69, 9.17) is 16.7 Å². The van der Waals surface area contributed by atoms with E-state index in [2.05, 4.69) is 24.1 Å². The van der Waals surface area contributed by atoms with Gasteiger partial charge in [-0.2, -0.15) is 0 Å². The number of carbonyl (C=O) groups is 1. The molecule has 4 nitrogen and oxygen atoms in total. The van der Waals surface area contributed by atoms with Gasteiger partial charge in [0.2, 0.25) is 0 Å². The Bertz CT molecular complexity index is 553.